The van der Waals surface area contributed by atoms with E-state index >= 15 is 0 Å². The summed E-state index contributed by atoms with van der Waals surface area (Å²) < 4.78 is 1.00. The number of imidazole rings is 1. The van der Waals surface area contributed by atoms with E-state index in [4.69, 9.17) is 4.98 Å². The molecule has 0 atom stereocenters. The second-order valence-electron chi connectivity index (χ2n) is 6.74. The Morgan fingerprint density at radius 1 is 1.15 bits per heavy atom. The van der Waals surface area contributed by atoms with Gasteiger partial charge in [-0.1, -0.05) is 28.1 Å². The quantitative estimate of drug-likeness (QED) is 0.676. The molecule has 0 aliphatic carbocycles. The summed E-state index contributed by atoms with van der Waals surface area (Å²) in [6.45, 7) is 2.26. The number of amides is 1. The molecule has 1 aromatic heterocycles. The van der Waals surface area contributed by atoms with E-state index in [1.807, 2.05) is 42.5 Å². The Kier molecular flexibility index (Phi) is 5.04. The average Bonchev–Trinajstić information content (AvgIpc) is 3.08. The number of benzene rings is 2. The molecule has 1 aliphatic heterocycles. The SMILES string of the molecule is O=C(CN1CCC(c2nc3ccccc3[nH]2)CC1)Nc1ccc(Br)cc1. The predicted molar refractivity (Wildman–Crippen MR) is 107 cm³/mol. The molecule has 0 unspecified atom stereocenters. The number of anilines is 1. The number of carbonyl (C=O) groups is 1. The summed E-state index contributed by atoms with van der Waals surface area (Å²) in [4.78, 5) is 22.6. The molecule has 1 amide bonds. The molecule has 134 valence electrons. The minimum atomic E-state index is 0.0366. The lowest BCUT2D eigenvalue weighted by atomic mass is 9.96. The van der Waals surface area contributed by atoms with Gasteiger partial charge in [-0.2, -0.15) is 0 Å². The summed E-state index contributed by atoms with van der Waals surface area (Å²) in [5.74, 6) is 1.55. The fourth-order valence-corrected chi connectivity index (χ4v) is 3.73. The Morgan fingerprint density at radius 3 is 2.62 bits per heavy atom. The lowest BCUT2D eigenvalue weighted by Gasteiger charge is -2.30. The number of aromatic nitrogens is 2. The summed E-state index contributed by atoms with van der Waals surface area (Å²) in [5, 5.41) is 2.96. The van der Waals surface area contributed by atoms with Crippen molar-refractivity contribution in [1.29, 1.82) is 0 Å². The standard InChI is InChI=1S/C20H21BrN4O/c21-15-5-7-16(8-6-15)22-19(26)13-25-11-9-14(10-12-25)20-23-17-3-1-2-4-18(17)24-20/h1-8,14H,9-13H2,(H,22,26)(H,23,24). The molecule has 0 spiro atoms. The van der Waals surface area contributed by atoms with Gasteiger partial charge >= 0.3 is 0 Å². The van der Waals surface area contributed by atoms with Gasteiger partial charge in [0.15, 0.2) is 0 Å². The number of hydrogen-bond acceptors (Lipinski definition) is 3. The first-order valence-electron chi connectivity index (χ1n) is 8.90. The zero-order valence-electron chi connectivity index (χ0n) is 14.4. The van der Waals surface area contributed by atoms with Crippen LogP contribution in [0.1, 0.15) is 24.6 Å². The summed E-state index contributed by atoms with van der Waals surface area (Å²) >= 11 is 3.40. The minimum Gasteiger partial charge on any atom is -0.342 e. The van der Waals surface area contributed by atoms with Crippen molar-refractivity contribution in [2.75, 3.05) is 25.0 Å². The number of H-pyrrole nitrogens is 1. The third-order valence-corrected chi connectivity index (χ3v) is 5.41. The first-order chi connectivity index (χ1) is 12.7. The molecule has 1 fully saturated rings. The number of nitrogens with one attached hydrogen (secondary N) is 2. The molecule has 2 heterocycles. The number of carbonyl (C=O) groups excluding carboxylic acids is 1. The fourth-order valence-electron chi connectivity index (χ4n) is 3.47. The minimum absolute atomic E-state index is 0.0366. The number of para-hydroxylation sites is 2. The number of fused-ring (bicyclic) bond motifs is 1. The van der Waals surface area contributed by atoms with E-state index in [2.05, 4.69) is 37.2 Å². The maximum absolute atomic E-state index is 12.3. The van der Waals surface area contributed by atoms with Gasteiger partial charge in [0.05, 0.1) is 17.6 Å². The van der Waals surface area contributed by atoms with Gasteiger partial charge in [0, 0.05) is 16.1 Å². The summed E-state index contributed by atoms with van der Waals surface area (Å²) in [6.07, 6.45) is 2.04. The summed E-state index contributed by atoms with van der Waals surface area (Å²) in [5.41, 5.74) is 2.95. The highest BCUT2D eigenvalue weighted by atomic mass is 79.9. The van der Waals surface area contributed by atoms with E-state index in [9.17, 15) is 4.79 Å². The molecule has 0 radical (unpaired) electrons. The molecule has 1 saturated heterocycles. The Hall–Kier alpha value is -2.18. The van der Waals surface area contributed by atoms with Gasteiger partial charge in [0.25, 0.3) is 0 Å². The van der Waals surface area contributed by atoms with Gasteiger partial charge in [0.1, 0.15) is 5.82 Å². The molecule has 0 bridgehead atoms. The van der Waals surface area contributed by atoms with E-state index in [0.717, 1.165) is 52.9 Å². The molecule has 6 heteroatoms. The number of hydrogen-bond donors (Lipinski definition) is 2. The van der Waals surface area contributed by atoms with Crippen molar-refractivity contribution in [2.45, 2.75) is 18.8 Å². The second kappa shape index (κ2) is 7.60. The Bertz CT molecular complexity index is 865. The van der Waals surface area contributed by atoms with E-state index in [-0.39, 0.29) is 5.91 Å². The Morgan fingerprint density at radius 2 is 1.88 bits per heavy atom. The van der Waals surface area contributed by atoms with Crippen LogP contribution in [0.15, 0.2) is 53.0 Å². The van der Waals surface area contributed by atoms with E-state index in [1.54, 1.807) is 0 Å². The molecular formula is C20H21BrN4O. The van der Waals surface area contributed by atoms with Crippen molar-refractivity contribution in [2.24, 2.45) is 0 Å². The van der Waals surface area contributed by atoms with Crippen LogP contribution in [0, 0.1) is 0 Å². The molecule has 2 aromatic carbocycles. The van der Waals surface area contributed by atoms with Crippen LogP contribution in [0.25, 0.3) is 11.0 Å². The smallest absolute Gasteiger partial charge is 0.238 e. The van der Waals surface area contributed by atoms with Crippen molar-refractivity contribution in [1.82, 2.24) is 14.9 Å². The van der Waals surface area contributed by atoms with Gasteiger partial charge in [-0.15, -0.1) is 0 Å². The zero-order valence-corrected chi connectivity index (χ0v) is 16.0. The highest BCUT2D eigenvalue weighted by molar-refractivity contribution is 9.10. The summed E-state index contributed by atoms with van der Waals surface area (Å²) in [6, 6.07) is 15.8. The van der Waals surface area contributed by atoms with Crippen molar-refractivity contribution in [3.8, 4) is 0 Å². The number of nitrogens with zero attached hydrogens (tertiary/aromatic N) is 2. The van der Waals surface area contributed by atoms with Gasteiger partial charge in [-0.25, -0.2) is 4.98 Å². The molecule has 1 aliphatic rings. The summed E-state index contributed by atoms with van der Waals surface area (Å²) in [7, 11) is 0. The normalized spacial score (nSPS) is 16.0. The van der Waals surface area contributed by atoms with Crippen molar-refractivity contribution in [3.63, 3.8) is 0 Å². The van der Waals surface area contributed by atoms with Crippen LogP contribution in [-0.4, -0.2) is 40.4 Å². The van der Waals surface area contributed by atoms with Crippen molar-refractivity contribution < 1.29 is 4.79 Å². The average molecular weight is 413 g/mol. The maximum Gasteiger partial charge on any atom is 0.238 e. The molecule has 3 aromatic rings. The first-order valence-corrected chi connectivity index (χ1v) is 9.69. The van der Waals surface area contributed by atoms with Crippen molar-refractivity contribution in [3.05, 3.63) is 58.8 Å². The van der Waals surface area contributed by atoms with Crippen LogP contribution in [-0.2, 0) is 4.79 Å². The lowest BCUT2D eigenvalue weighted by Crippen LogP contribution is -2.38. The van der Waals surface area contributed by atoms with Crippen molar-refractivity contribution >= 4 is 38.6 Å². The third kappa shape index (κ3) is 3.97. The number of halogens is 1. The second-order valence-corrected chi connectivity index (χ2v) is 7.66. The van der Waals surface area contributed by atoms with Gasteiger partial charge in [-0.05, 0) is 62.3 Å². The van der Waals surface area contributed by atoms with Crippen LogP contribution < -0.4 is 5.32 Å². The Balaban J connectivity index is 1.30. The van der Waals surface area contributed by atoms with Crippen LogP contribution in [0.5, 0.6) is 0 Å². The maximum atomic E-state index is 12.3. The monoisotopic (exact) mass is 412 g/mol. The molecule has 4 rings (SSSR count). The van der Waals surface area contributed by atoms with Gasteiger partial charge < -0.3 is 10.3 Å². The molecule has 2 N–H and O–H groups in total. The highest BCUT2D eigenvalue weighted by Crippen LogP contribution is 2.27. The van der Waals surface area contributed by atoms with E-state index in [1.165, 1.54) is 0 Å². The van der Waals surface area contributed by atoms with Crippen LogP contribution in [0.3, 0.4) is 0 Å². The van der Waals surface area contributed by atoms with E-state index in [0.29, 0.717) is 12.5 Å². The number of rotatable bonds is 4. The Labute approximate surface area is 160 Å². The van der Waals surface area contributed by atoms with Crippen LogP contribution in [0.2, 0.25) is 0 Å². The lowest BCUT2D eigenvalue weighted by molar-refractivity contribution is -0.117. The number of piperidine rings is 1. The molecule has 26 heavy (non-hydrogen) atoms. The molecule has 5 nitrogen and oxygen atoms in total. The van der Waals surface area contributed by atoms with E-state index < -0.39 is 0 Å². The molecule has 0 saturated carbocycles. The topological polar surface area (TPSA) is 61.0 Å². The highest BCUT2D eigenvalue weighted by Gasteiger charge is 2.24. The van der Waals surface area contributed by atoms with Crippen LogP contribution in [0.4, 0.5) is 5.69 Å². The van der Waals surface area contributed by atoms with Crippen LogP contribution >= 0.6 is 15.9 Å². The van der Waals surface area contributed by atoms with Gasteiger partial charge in [-0.3, -0.25) is 9.69 Å². The van der Waals surface area contributed by atoms with Gasteiger partial charge in [0.2, 0.25) is 5.91 Å². The first kappa shape index (κ1) is 17.2. The third-order valence-electron chi connectivity index (χ3n) is 4.88. The predicted octanol–water partition coefficient (Wildman–Crippen LogP) is 4.14. The zero-order chi connectivity index (χ0) is 17.9. The fraction of sp³-hybridized carbons (Fsp3) is 0.300. The number of likely N-dealkylation sites (tertiary alicyclic amines) is 1. The molecular weight excluding hydrogens is 392 g/mol. The number of aromatic amines is 1. The largest absolute Gasteiger partial charge is 0.342 e.